The lowest BCUT2D eigenvalue weighted by Crippen LogP contribution is -2.27. The van der Waals surface area contributed by atoms with Gasteiger partial charge in [-0.05, 0) is 46.0 Å². The van der Waals surface area contributed by atoms with E-state index in [1.165, 1.54) is 10.4 Å². The minimum Gasteiger partial charge on any atom is -0.346 e. The van der Waals surface area contributed by atoms with E-state index in [0.717, 1.165) is 11.4 Å². The van der Waals surface area contributed by atoms with E-state index in [1.807, 2.05) is 28.9 Å². The summed E-state index contributed by atoms with van der Waals surface area (Å²) in [6.45, 7) is 0. The van der Waals surface area contributed by atoms with E-state index in [9.17, 15) is 0 Å². The Hall–Kier alpha value is -1.92. The summed E-state index contributed by atoms with van der Waals surface area (Å²) in [5.74, 6) is 0.708. The summed E-state index contributed by atoms with van der Waals surface area (Å²) >= 11 is 7.70. The Balaban J connectivity index is 1.72. The van der Waals surface area contributed by atoms with Crippen LogP contribution in [0.25, 0.3) is 0 Å². The van der Waals surface area contributed by atoms with Crippen LogP contribution in [-0.4, -0.2) is 20.2 Å². The molecule has 2 atom stereocenters. The van der Waals surface area contributed by atoms with E-state index in [2.05, 4.69) is 38.4 Å². The molecule has 0 spiro atoms. The van der Waals surface area contributed by atoms with Gasteiger partial charge in [0, 0.05) is 9.90 Å². The maximum atomic E-state index is 5.97. The number of fused-ring (bicyclic) bond motifs is 1. The number of benzene rings is 1. The zero-order valence-electron chi connectivity index (χ0n) is 11.0. The van der Waals surface area contributed by atoms with Crippen LogP contribution in [0.1, 0.15) is 28.9 Å². The fourth-order valence-electron chi connectivity index (χ4n) is 2.67. The predicted molar refractivity (Wildman–Crippen MR) is 82.7 cm³/mol. The van der Waals surface area contributed by atoms with Crippen LogP contribution in [0.5, 0.6) is 0 Å². The molecule has 1 aliphatic heterocycles. The number of anilines is 1. The summed E-state index contributed by atoms with van der Waals surface area (Å²) in [5.41, 5.74) is 1.19. The normalized spacial score (nSPS) is 20.8. The molecule has 106 valence electrons. The van der Waals surface area contributed by atoms with Gasteiger partial charge in [-0.3, -0.25) is 0 Å². The van der Waals surface area contributed by atoms with Crippen molar-refractivity contribution in [2.45, 2.75) is 18.5 Å². The van der Waals surface area contributed by atoms with E-state index in [0.29, 0.717) is 5.95 Å². The van der Waals surface area contributed by atoms with E-state index in [1.54, 1.807) is 11.3 Å². The molecule has 0 fully saturated rings. The third-order valence-electron chi connectivity index (χ3n) is 3.69. The van der Waals surface area contributed by atoms with Crippen molar-refractivity contribution in [2.75, 3.05) is 5.32 Å². The second-order valence-electron chi connectivity index (χ2n) is 4.96. The summed E-state index contributed by atoms with van der Waals surface area (Å²) in [5, 5.41) is 18.2. The largest absolute Gasteiger partial charge is 0.346 e. The molecule has 0 radical (unpaired) electrons. The van der Waals surface area contributed by atoms with Crippen LogP contribution in [0.15, 0.2) is 41.8 Å². The van der Waals surface area contributed by atoms with Crippen molar-refractivity contribution >= 4 is 28.9 Å². The van der Waals surface area contributed by atoms with Crippen LogP contribution in [0.4, 0.5) is 5.95 Å². The van der Waals surface area contributed by atoms with Crippen molar-refractivity contribution in [3.63, 3.8) is 0 Å². The first-order chi connectivity index (χ1) is 10.3. The van der Waals surface area contributed by atoms with Gasteiger partial charge in [0.05, 0.1) is 12.1 Å². The lowest BCUT2D eigenvalue weighted by molar-refractivity contribution is 0.429. The molecule has 2 unspecified atom stereocenters. The Bertz CT molecular complexity index is 737. The Morgan fingerprint density at radius 3 is 2.86 bits per heavy atom. The number of rotatable bonds is 2. The van der Waals surface area contributed by atoms with Gasteiger partial charge in [-0.2, -0.15) is 0 Å². The van der Waals surface area contributed by atoms with Crippen molar-refractivity contribution in [1.82, 2.24) is 20.2 Å². The summed E-state index contributed by atoms with van der Waals surface area (Å²) < 4.78 is 1.86. The summed E-state index contributed by atoms with van der Waals surface area (Å²) in [6.07, 6.45) is 0.903. The highest BCUT2D eigenvalue weighted by atomic mass is 35.5. The first-order valence-corrected chi connectivity index (χ1v) is 7.90. The average Bonchev–Trinajstić information content (AvgIpc) is 3.18. The molecule has 0 saturated heterocycles. The van der Waals surface area contributed by atoms with Crippen molar-refractivity contribution < 1.29 is 0 Å². The number of nitrogens with one attached hydrogen (secondary N) is 1. The average molecular weight is 318 g/mol. The van der Waals surface area contributed by atoms with Gasteiger partial charge < -0.3 is 5.32 Å². The number of aromatic nitrogens is 4. The Labute approximate surface area is 130 Å². The van der Waals surface area contributed by atoms with Gasteiger partial charge in [0.2, 0.25) is 5.95 Å². The predicted octanol–water partition coefficient (Wildman–Crippen LogP) is 3.53. The van der Waals surface area contributed by atoms with Crippen molar-refractivity contribution in [1.29, 1.82) is 0 Å². The molecule has 1 aliphatic rings. The molecule has 1 N–H and O–H groups in total. The van der Waals surface area contributed by atoms with Crippen LogP contribution < -0.4 is 5.32 Å². The van der Waals surface area contributed by atoms with Crippen LogP contribution in [0.2, 0.25) is 5.02 Å². The molecule has 3 aromatic rings. The summed E-state index contributed by atoms with van der Waals surface area (Å²) in [7, 11) is 0. The van der Waals surface area contributed by atoms with E-state index in [-0.39, 0.29) is 12.1 Å². The summed E-state index contributed by atoms with van der Waals surface area (Å²) in [6, 6.07) is 12.4. The molecule has 7 heteroatoms. The highest BCUT2D eigenvalue weighted by Gasteiger charge is 2.31. The standard InChI is InChI=1S/C14H12ClN5S/c15-10-5-3-9(4-6-10)11-8-12(13-2-1-7-21-13)20-14(16-11)17-18-19-20/h1-7,11-12H,8H2,(H,16,17,19). The summed E-state index contributed by atoms with van der Waals surface area (Å²) in [4.78, 5) is 1.27. The minimum absolute atomic E-state index is 0.164. The van der Waals surface area contributed by atoms with Crippen LogP contribution >= 0.6 is 22.9 Å². The fraction of sp³-hybridized carbons (Fsp3) is 0.214. The molecule has 2 aromatic heterocycles. The molecule has 1 aromatic carbocycles. The lowest BCUT2D eigenvalue weighted by Gasteiger charge is -2.30. The van der Waals surface area contributed by atoms with Gasteiger partial charge in [-0.15, -0.1) is 11.3 Å². The van der Waals surface area contributed by atoms with Gasteiger partial charge >= 0.3 is 0 Å². The number of thiophene rings is 1. The zero-order chi connectivity index (χ0) is 14.2. The SMILES string of the molecule is Clc1ccc(C2CC(c3cccs3)n3nnnc3N2)cc1. The third-order valence-corrected chi connectivity index (χ3v) is 4.92. The minimum atomic E-state index is 0.164. The maximum absolute atomic E-state index is 5.97. The molecule has 3 heterocycles. The van der Waals surface area contributed by atoms with Gasteiger partial charge in [0.1, 0.15) is 0 Å². The van der Waals surface area contributed by atoms with E-state index in [4.69, 9.17) is 11.6 Å². The van der Waals surface area contributed by atoms with E-state index < -0.39 is 0 Å². The smallest absolute Gasteiger partial charge is 0.244 e. The van der Waals surface area contributed by atoms with Gasteiger partial charge in [0.25, 0.3) is 0 Å². The monoisotopic (exact) mass is 317 g/mol. The molecule has 4 rings (SSSR count). The second kappa shape index (κ2) is 5.13. The molecule has 0 bridgehead atoms. The molecular weight excluding hydrogens is 306 g/mol. The Morgan fingerprint density at radius 1 is 1.24 bits per heavy atom. The Morgan fingerprint density at radius 2 is 2.10 bits per heavy atom. The molecule has 5 nitrogen and oxygen atoms in total. The van der Waals surface area contributed by atoms with Crippen LogP contribution in [0, 0.1) is 0 Å². The highest BCUT2D eigenvalue weighted by molar-refractivity contribution is 7.10. The molecule has 0 aliphatic carbocycles. The number of halogens is 1. The van der Waals surface area contributed by atoms with Gasteiger partial charge in [0.15, 0.2) is 0 Å². The van der Waals surface area contributed by atoms with Crippen molar-refractivity contribution in [3.8, 4) is 0 Å². The molecule has 0 saturated carbocycles. The molecule has 0 amide bonds. The van der Waals surface area contributed by atoms with Crippen LogP contribution in [-0.2, 0) is 0 Å². The highest BCUT2D eigenvalue weighted by Crippen LogP contribution is 2.38. The zero-order valence-corrected chi connectivity index (χ0v) is 12.6. The number of hydrogen-bond acceptors (Lipinski definition) is 5. The quantitative estimate of drug-likeness (QED) is 0.785. The lowest BCUT2D eigenvalue weighted by atomic mass is 9.97. The topological polar surface area (TPSA) is 55.6 Å². The van der Waals surface area contributed by atoms with E-state index >= 15 is 0 Å². The third kappa shape index (κ3) is 2.30. The Kier molecular flexibility index (Phi) is 3.12. The maximum Gasteiger partial charge on any atom is 0.244 e. The molecule has 21 heavy (non-hydrogen) atoms. The van der Waals surface area contributed by atoms with Gasteiger partial charge in [-0.1, -0.05) is 34.9 Å². The van der Waals surface area contributed by atoms with Crippen molar-refractivity contribution in [2.24, 2.45) is 0 Å². The van der Waals surface area contributed by atoms with Gasteiger partial charge in [-0.25, -0.2) is 4.68 Å². The first-order valence-electron chi connectivity index (χ1n) is 6.64. The van der Waals surface area contributed by atoms with Crippen LogP contribution in [0.3, 0.4) is 0 Å². The molecular formula is C14H12ClN5S. The van der Waals surface area contributed by atoms with Crippen molar-refractivity contribution in [3.05, 3.63) is 57.2 Å². The first kappa shape index (κ1) is 12.8. The number of hydrogen-bond donors (Lipinski definition) is 1. The number of tetrazole rings is 1. The number of nitrogens with zero attached hydrogens (tertiary/aromatic N) is 4. The fourth-order valence-corrected chi connectivity index (χ4v) is 3.62. The second-order valence-corrected chi connectivity index (χ2v) is 6.38.